The van der Waals surface area contributed by atoms with Crippen molar-refractivity contribution in [3.8, 4) is 22.6 Å². The summed E-state index contributed by atoms with van der Waals surface area (Å²) >= 11 is 5.88. The molecule has 2 aromatic carbocycles. The van der Waals surface area contributed by atoms with Crippen molar-refractivity contribution in [2.75, 3.05) is 7.11 Å². The Kier molecular flexibility index (Phi) is 3.94. The summed E-state index contributed by atoms with van der Waals surface area (Å²) in [4.78, 5) is 11.8. The van der Waals surface area contributed by atoms with Crippen LogP contribution in [0.4, 0.5) is 0 Å². The number of esters is 1. The highest BCUT2D eigenvalue weighted by Gasteiger charge is 2.16. The number of halogens is 1. The lowest BCUT2D eigenvalue weighted by atomic mass is 10.0. The van der Waals surface area contributed by atoms with Crippen LogP contribution in [0.3, 0.4) is 0 Å². The Balaban J connectivity index is 2.01. The zero-order valence-corrected chi connectivity index (χ0v) is 12.5. The maximum Gasteiger partial charge on any atom is 0.338 e. The molecule has 110 valence electrons. The first kappa shape index (κ1) is 14.4. The van der Waals surface area contributed by atoms with E-state index in [-0.39, 0.29) is 0 Å². The smallest absolute Gasteiger partial charge is 0.338 e. The van der Waals surface area contributed by atoms with Crippen molar-refractivity contribution >= 4 is 17.6 Å². The molecular formula is C17H12ClNO3. The molecule has 0 amide bonds. The van der Waals surface area contributed by atoms with Crippen molar-refractivity contribution in [2.45, 2.75) is 0 Å². The third kappa shape index (κ3) is 2.73. The molecule has 0 aliphatic rings. The van der Waals surface area contributed by atoms with Gasteiger partial charge in [-0.15, -0.1) is 0 Å². The molecule has 1 heterocycles. The molecule has 22 heavy (non-hydrogen) atoms. The Morgan fingerprint density at radius 3 is 2.59 bits per heavy atom. The zero-order valence-electron chi connectivity index (χ0n) is 11.7. The molecule has 0 radical (unpaired) electrons. The fourth-order valence-corrected chi connectivity index (χ4v) is 2.27. The lowest BCUT2D eigenvalue weighted by molar-refractivity contribution is 0.0601. The minimum atomic E-state index is -0.417. The first-order valence-electron chi connectivity index (χ1n) is 6.59. The van der Waals surface area contributed by atoms with E-state index in [1.807, 2.05) is 18.2 Å². The van der Waals surface area contributed by atoms with Gasteiger partial charge in [0.1, 0.15) is 5.69 Å². The number of carbonyl (C=O) groups is 1. The quantitative estimate of drug-likeness (QED) is 0.670. The van der Waals surface area contributed by atoms with Gasteiger partial charge in [-0.05, 0) is 18.2 Å². The molecule has 0 N–H and O–H groups in total. The van der Waals surface area contributed by atoms with E-state index in [4.69, 9.17) is 20.9 Å². The van der Waals surface area contributed by atoms with Gasteiger partial charge in [0.25, 0.3) is 0 Å². The van der Waals surface area contributed by atoms with Crippen molar-refractivity contribution in [1.82, 2.24) is 5.16 Å². The van der Waals surface area contributed by atoms with Crippen LogP contribution in [0.5, 0.6) is 0 Å². The minimum Gasteiger partial charge on any atom is -0.465 e. The van der Waals surface area contributed by atoms with E-state index in [2.05, 4.69) is 5.16 Å². The Morgan fingerprint density at radius 2 is 1.86 bits per heavy atom. The molecule has 0 saturated carbocycles. The summed E-state index contributed by atoms with van der Waals surface area (Å²) in [6.07, 6.45) is 0. The van der Waals surface area contributed by atoms with Crippen LogP contribution in [0.15, 0.2) is 59.1 Å². The summed E-state index contributed by atoms with van der Waals surface area (Å²) in [6, 6.07) is 16.1. The molecule has 3 rings (SSSR count). The van der Waals surface area contributed by atoms with Crippen LogP contribution in [0.2, 0.25) is 5.02 Å². The van der Waals surface area contributed by atoms with Crippen LogP contribution in [0, 0.1) is 0 Å². The van der Waals surface area contributed by atoms with Gasteiger partial charge in [0, 0.05) is 22.2 Å². The third-order valence-electron chi connectivity index (χ3n) is 3.25. The van der Waals surface area contributed by atoms with Gasteiger partial charge in [-0.3, -0.25) is 0 Å². The maximum absolute atomic E-state index is 11.8. The normalized spacial score (nSPS) is 10.5. The largest absolute Gasteiger partial charge is 0.465 e. The highest BCUT2D eigenvalue weighted by atomic mass is 35.5. The van der Waals surface area contributed by atoms with Gasteiger partial charge in [-0.25, -0.2) is 4.79 Å². The number of ether oxygens (including phenoxy) is 1. The Bertz CT molecular complexity index is 809. The molecular weight excluding hydrogens is 302 g/mol. The summed E-state index contributed by atoms with van der Waals surface area (Å²) in [6.45, 7) is 0. The third-order valence-corrected chi connectivity index (χ3v) is 3.50. The first-order chi connectivity index (χ1) is 10.7. The molecule has 3 aromatic rings. The Morgan fingerprint density at radius 1 is 1.14 bits per heavy atom. The van der Waals surface area contributed by atoms with E-state index in [0.29, 0.717) is 27.6 Å². The van der Waals surface area contributed by atoms with Crippen molar-refractivity contribution in [2.24, 2.45) is 0 Å². The van der Waals surface area contributed by atoms with E-state index in [1.54, 1.807) is 36.4 Å². The highest BCUT2D eigenvalue weighted by molar-refractivity contribution is 6.30. The number of methoxy groups -OCH3 is 1. The lowest BCUT2D eigenvalue weighted by Gasteiger charge is -2.03. The summed E-state index contributed by atoms with van der Waals surface area (Å²) in [5, 5.41) is 4.70. The second-order valence-corrected chi connectivity index (χ2v) is 5.06. The average Bonchev–Trinajstić information content (AvgIpc) is 3.04. The standard InChI is InChI=1S/C17H12ClNO3/c1-21-17(20)14-5-3-2-4-13(14)16-10-15(19-22-16)11-6-8-12(18)9-7-11/h2-10H,1H3. The van der Waals surface area contributed by atoms with E-state index in [0.717, 1.165) is 5.56 Å². The highest BCUT2D eigenvalue weighted by Crippen LogP contribution is 2.29. The van der Waals surface area contributed by atoms with Gasteiger partial charge in [0.05, 0.1) is 12.7 Å². The van der Waals surface area contributed by atoms with Gasteiger partial charge >= 0.3 is 5.97 Å². The van der Waals surface area contributed by atoms with Crippen LogP contribution in [0.25, 0.3) is 22.6 Å². The monoisotopic (exact) mass is 313 g/mol. The van der Waals surface area contributed by atoms with E-state index >= 15 is 0 Å². The lowest BCUT2D eigenvalue weighted by Crippen LogP contribution is -2.02. The number of hydrogen-bond acceptors (Lipinski definition) is 4. The van der Waals surface area contributed by atoms with Crippen molar-refractivity contribution in [3.05, 3.63) is 65.2 Å². The van der Waals surface area contributed by atoms with Crippen molar-refractivity contribution in [3.63, 3.8) is 0 Å². The topological polar surface area (TPSA) is 52.3 Å². The molecule has 0 saturated heterocycles. The maximum atomic E-state index is 11.8. The molecule has 0 aliphatic heterocycles. The molecule has 5 heteroatoms. The first-order valence-corrected chi connectivity index (χ1v) is 6.97. The number of aromatic nitrogens is 1. The van der Waals surface area contributed by atoms with E-state index in [9.17, 15) is 4.79 Å². The molecule has 0 aliphatic carbocycles. The second-order valence-electron chi connectivity index (χ2n) is 4.62. The molecule has 0 fully saturated rings. The second kappa shape index (κ2) is 6.03. The summed E-state index contributed by atoms with van der Waals surface area (Å²) in [7, 11) is 1.35. The molecule has 1 aromatic heterocycles. The predicted octanol–water partition coefficient (Wildman–Crippen LogP) is 4.45. The number of benzene rings is 2. The number of carbonyl (C=O) groups excluding carboxylic acids is 1. The summed E-state index contributed by atoms with van der Waals surface area (Å²) < 4.78 is 10.2. The molecule has 4 nitrogen and oxygen atoms in total. The summed E-state index contributed by atoms with van der Waals surface area (Å²) in [5.41, 5.74) is 2.63. The number of nitrogens with zero attached hydrogens (tertiary/aromatic N) is 1. The molecule has 0 unspecified atom stereocenters. The molecule has 0 bridgehead atoms. The fourth-order valence-electron chi connectivity index (χ4n) is 2.14. The van der Waals surface area contributed by atoms with Crippen LogP contribution in [-0.4, -0.2) is 18.2 Å². The van der Waals surface area contributed by atoms with Crippen LogP contribution in [0.1, 0.15) is 10.4 Å². The number of hydrogen-bond donors (Lipinski definition) is 0. The van der Waals surface area contributed by atoms with Gasteiger partial charge in [0.2, 0.25) is 0 Å². The van der Waals surface area contributed by atoms with E-state index in [1.165, 1.54) is 7.11 Å². The van der Waals surface area contributed by atoms with Crippen LogP contribution < -0.4 is 0 Å². The van der Waals surface area contributed by atoms with Gasteiger partial charge < -0.3 is 9.26 Å². The Hall–Kier alpha value is -2.59. The van der Waals surface area contributed by atoms with Crippen molar-refractivity contribution in [1.29, 1.82) is 0 Å². The van der Waals surface area contributed by atoms with Gasteiger partial charge in [-0.1, -0.05) is 47.1 Å². The SMILES string of the molecule is COC(=O)c1ccccc1-c1cc(-c2ccc(Cl)cc2)no1. The van der Waals surface area contributed by atoms with Crippen LogP contribution >= 0.6 is 11.6 Å². The predicted molar refractivity (Wildman–Crippen MR) is 83.7 cm³/mol. The summed E-state index contributed by atoms with van der Waals surface area (Å²) in [5.74, 6) is 0.0889. The molecule has 0 atom stereocenters. The minimum absolute atomic E-state index is 0.417. The van der Waals surface area contributed by atoms with Crippen LogP contribution in [-0.2, 0) is 4.74 Å². The number of rotatable bonds is 3. The van der Waals surface area contributed by atoms with Gasteiger partial charge in [-0.2, -0.15) is 0 Å². The molecule has 0 spiro atoms. The van der Waals surface area contributed by atoms with E-state index < -0.39 is 5.97 Å². The average molecular weight is 314 g/mol. The van der Waals surface area contributed by atoms with Gasteiger partial charge in [0.15, 0.2) is 5.76 Å². The fraction of sp³-hybridized carbons (Fsp3) is 0.0588. The van der Waals surface area contributed by atoms with Crippen molar-refractivity contribution < 1.29 is 14.1 Å². The Labute approximate surface area is 132 Å². The zero-order chi connectivity index (χ0) is 15.5.